The second-order valence-corrected chi connectivity index (χ2v) is 3.96. The molecule has 8 heteroatoms. The second-order valence-electron chi connectivity index (χ2n) is 3.96. The van der Waals surface area contributed by atoms with Crippen molar-refractivity contribution in [3.05, 3.63) is 40.0 Å². The third-order valence-electron chi connectivity index (χ3n) is 2.52. The molecule has 2 N–H and O–H groups in total. The van der Waals surface area contributed by atoms with Crippen LogP contribution in [0.3, 0.4) is 0 Å². The predicted molar refractivity (Wildman–Crippen MR) is 69.5 cm³/mol. The van der Waals surface area contributed by atoms with E-state index in [9.17, 15) is 14.3 Å². The molecule has 1 unspecified atom stereocenters. The van der Waals surface area contributed by atoms with Crippen LogP contribution in [0.1, 0.15) is 18.0 Å². The fraction of sp³-hybridized carbons (Fsp3) is 0.417. The maximum Gasteiger partial charge on any atom is 0.327 e. The van der Waals surface area contributed by atoms with Crippen molar-refractivity contribution in [1.29, 1.82) is 0 Å². The molecule has 0 saturated heterocycles. The first-order chi connectivity index (χ1) is 9.58. The summed E-state index contributed by atoms with van der Waals surface area (Å²) in [6.07, 6.45) is 0.513. The summed E-state index contributed by atoms with van der Waals surface area (Å²) >= 11 is 0. The standard InChI is InChI=1S/C12H15FN4O3/c1-20-12(19)11(15-3-2-4-16-17-14)8-5-9(13)7-10(18)6-8/h5-7,11,15,18H,2-4H2,1H3. The van der Waals surface area contributed by atoms with Crippen molar-refractivity contribution >= 4 is 5.97 Å². The number of methoxy groups -OCH3 is 1. The molecule has 0 heterocycles. The molecule has 7 nitrogen and oxygen atoms in total. The summed E-state index contributed by atoms with van der Waals surface area (Å²) < 4.78 is 17.9. The van der Waals surface area contributed by atoms with Crippen molar-refractivity contribution in [2.24, 2.45) is 5.11 Å². The fourth-order valence-corrected chi connectivity index (χ4v) is 1.66. The quantitative estimate of drug-likeness (QED) is 0.262. The smallest absolute Gasteiger partial charge is 0.327 e. The van der Waals surface area contributed by atoms with Gasteiger partial charge in [-0.15, -0.1) is 0 Å². The van der Waals surface area contributed by atoms with Crippen molar-refractivity contribution in [1.82, 2.24) is 5.32 Å². The molecule has 0 aromatic heterocycles. The number of carbonyl (C=O) groups is 1. The van der Waals surface area contributed by atoms with Crippen LogP contribution in [-0.4, -0.2) is 31.3 Å². The van der Waals surface area contributed by atoms with Gasteiger partial charge in [0.15, 0.2) is 0 Å². The number of phenolic OH excluding ortho intramolecular Hbond substituents is 1. The van der Waals surface area contributed by atoms with Crippen molar-refractivity contribution in [3.8, 4) is 5.75 Å². The summed E-state index contributed by atoms with van der Waals surface area (Å²) in [5, 5.41) is 15.6. The van der Waals surface area contributed by atoms with E-state index in [4.69, 9.17) is 5.53 Å². The first-order valence-corrected chi connectivity index (χ1v) is 5.90. The van der Waals surface area contributed by atoms with Crippen LogP contribution in [0.5, 0.6) is 5.75 Å². The topological polar surface area (TPSA) is 107 Å². The number of nitrogens with zero attached hydrogens (tertiary/aromatic N) is 3. The molecule has 0 radical (unpaired) electrons. The SMILES string of the molecule is COC(=O)C(NCCCN=[N+]=[N-])c1cc(O)cc(F)c1. The third-order valence-corrected chi connectivity index (χ3v) is 2.52. The molecule has 0 saturated carbocycles. The fourth-order valence-electron chi connectivity index (χ4n) is 1.66. The lowest BCUT2D eigenvalue weighted by molar-refractivity contribution is -0.143. The maximum atomic E-state index is 13.2. The number of benzene rings is 1. The average molecular weight is 282 g/mol. The molecule has 1 rings (SSSR count). The van der Waals surface area contributed by atoms with Crippen LogP contribution in [-0.2, 0) is 9.53 Å². The highest BCUT2D eigenvalue weighted by molar-refractivity contribution is 5.77. The Labute approximate surface area is 115 Å². The first-order valence-electron chi connectivity index (χ1n) is 5.90. The Morgan fingerprint density at radius 1 is 1.60 bits per heavy atom. The Bertz CT molecular complexity index is 497. The van der Waals surface area contributed by atoms with E-state index in [2.05, 4.69) is 20.1 Å². The molecular weight excluding hydrogens is 267 g/mol. The van der Waals surface area contributed by atoms with Crippen LogP contribution in [0.15, 0.2) is 23.3 Å². The summed E-state index contributed by atoms with van der Waals surface area (Å²) in [6, 6.07) is 2.47. The van der Waals surface area contributed by atoms with E-state index in [1.807, 2.05) is 0 Å². The van der Waals surface area contributed by atoms with Gasteiger partial charge in [0.05, 0.1) is 7.11 Å². The molecule has 20 heavy (non-hydrogen) atoms. The van der Waals surface area contributed by atoms with Crippen molar-refractivity contribution in [2.45, 2.75) is 12.5 Å². The van der Waals surface area contributed by atoms with E-state index in [0.29, 0.717) is 13.0 Å². The van der Waals surface area contributed by atoms with E-state index in [1.54, 1.807) is 0 Å². The summed E-state index contributed by atoms with van der Waals surface area (Å²) in [6.45, 7) is 0.655. The monoisotopic (exact) mass is 282 g/mol. The van der Waals surface area contributed by atoms with Gasteiger partial charge in [-0.2, -0.15) is 0 Å². The lowest BCUT2D eigenvalue weighted by atomic mass is 10.1. The predicted octanol–water partition coefficient (Wildman–Crippen LogP) is 2.04. The lowest BCUT2D eigenvalue weighted by Gasteiger charge is -2.17. The summed E-state index contributed by atoms with van der Waals surface area (Å²) in [7, 11) is 1.22. The van der Waals surface area contributed by atoms with Crippen LogP contribution in [0, 0.1) is 5.82 Å². The van der Waals surface area contributed by atoms with E-state index in [-0.39, 0.29) is 17.9 Å². The summed E-state index contributed by atoms with van der Waals surface area (Å²) in [5.41, 5.74) is 8.40. The van der Waals surface area contributed by atoms with Gasteiger partial charge in [0.25, 0.3) is 0 Å². The number of halogens is 1. The zero-order chi connectivity index (χ0) is 15.0. The van der Waals surface area contributed by atoms with Gasteiger partial charge in [-0.25, -0.2) is 9.18 Å². The van der Waals surface area contributed by atoms with Crippen LogP contribution in [0.2, 0.25) is 0 Å². The van der Waals surface area contributed by atoms with Crippen LogP contribution in [0.4, 0.5) is 4.39 Å². The molecule has 108 valence electrons. The zero-order valence-electron chi connectivity index (χ0n) is 10.9. The number of esters is 1. The third kappa shape index (κ3) is 4.75. The highest BCUT2D eigenvalue weighted by atomic mass is 19.1. The van der Waals surface area contributed by atoms with Crippen molar-refractivity contribution in [2.75, 3.05) is 20.2 Å². The molecule has 0 amide bonds. The van der Waals surface area contributed by atoms with Gasteiger partial charge in [0.2, 0.25) is 0 Å². The van der Waals surface area contributed by atoms with E-state index >= 15 is 0 Å². The highest BCUT2D eigenvalue weighted by Gasteiger charge is 2.21. The molecule has 0 bridgehead atoms. The summed E-state index contributed by atoms with van der Waals surface area (Å²) in [4.78, 5) is 14.3. The number of ether oxygens (including phenoxy) is 1. The normalized spacial score (nSPS) is 11.5. The minimum Gasteiger partial charge on any atom is -0.508 e. The van der Waals surface area contributed by atoms with E-state index in [1.165, 1.54) is 13.2 Å². The molecule has 1 aromatic rings. The van der Waals surface area contributed by atoms with E-state index in [0.717, 1.165) is 12.1 Å². The van der Waals surface area contributed by atoms with Gasteiger partial charge in [0, 0.05) is 17.5 Å². The molecule has 0 aliphatic heterocycles. The minimum absolute atomic E-state index is 0.262. The number of hydrogen-bond donors (Lipinski definition) is 2. The summed E-state index contributed by atoms with van der Waals surface area (Å²) in [5.74, 6) is -1.52. The number of rotatable bonds is 7. The largest absolute Gasteiger partial charge is 0.508 e. The molecule has 0 aliphatic rings. The number of hydrogen-bond acceptors (Lipinski definition) is 5. The second kappa shape index (κ2) is 7.98. The van der Waals surface area contributed by atoms with Gasteiger partial charge >= 0.3 is 5.97 Å². The van der Waals surface area contributed by atoms with Crippen LogP contribution >= 0.6 is 0 Å². The van der Waals surface area contributed by atoms with Gasteiger partial charge in [0.1, 0.15) is 17.6 Å². The molecule has 0 aliphatic carbocycles. The Morgan fingerprint density at radius 3 is 2.95 bits per heavy atom. The first kappa shape index (κ1) is 15.7. The molecule has 0 spiro atoms. The number of phenols is 1. The number of nitrogens with one attached hydrogen (secondary N) is 1. The Hall–Kier alpha value is -2.31. The number of azide groups is 1. The van der Waals surface area contributed by atoms with Crippen molar-refractivity contribution < 1.29 is 19.0 Å². The Balaban J connectivity index is 2.78. The van der Waals surface area contributed by atoms with Crippen molar-refractivity contribution in [3.63, 3.8) is 0 Å². The molecular formula is C12H15FN4O3. The minimum atomic E-state index is -0.896. The van der Waals surface area contributed by atoms with Gasteiger partial charge in [-0.3, -0.25) is 0 Å². The Kier molecular flexibility index (Phi) is 6.28. The zero-order valence-corrected chi connectivity index (χ0v) is 10.9. The Morgan fingerprint density at radius 2 is 2.35 bits per heavy atom. The lowest BCUT2D eigenvalue weighted by Crippen LogP contribution is -2.30. The highest BCUT2D eigenvalue weighted by Crippen LogP contribution is 2.21. The van der Waals surface area contributed by atoms with Gasteiger partial charge < -0.3 is 15.2 Å². The number of carbonyl (C=O) groups excluding carboxylic acids is 1. The molecule has 1 atom stereocenters. The molecule has 0 fully saturated rings. The maximum absolute atomic E-state index is 13.2. The molecule has 1 aromatic carbocycles. The van der Waals surface area contributed by atoms with Gasteiger partial charge in [-0.05, 0) is 36.2 Å². The number of aromatic hydroxyl groups is 1. The van der Waals surface area contributed by atoms with E-state index < -0.39 is 17.8 Å². The van der Waals surface area contributed by atoms with Crippen LogP contribution < -0.4 is 5.32 Å². The average Bonchev–Trinajstić information content (AvgIpc) is 2.41. The van der Waals surface area contributed by atoms with Crippen LogP contribution in [0.25, 0.3) is 10.4 Å². The van der Waals surface area contributed by atoms with Gasteiger partial charge in [-0.1, -0.05) is 5.11 Å².